The lowest BCUT2D eigenvalue weighted by molar-refractivity contribution is -0.123. The number of rotatable bonds is 5. The Morgan fingerprint density at radius 1 is 1.52 bits per heavy atom. The Kier molecular flexibility index (Phi) is 5.27. The Balaban J connectivity index is 1.88. The molecule has 1 aromatic rings. The Morgan fingerprint density at radius 3 is 2.90 bits per heavy atom. The normalized spacial score (nSPS) is 23.5. The van der Waals surface area contributed by atoms with Crippen LogP contribution >= 0.6 is 0 Å². The number of amides is 1. The molecule has 118 valence electrons. The first-order chi connectivity index (χ1) is 9.99. The average molecular weight is 298 g/mol. The van der Waals surface area contributed by atoms with Crippen molar-refractivity contribution in [3.05, 3.63) is 5.89 Å². The lowest BCUT2D eigenvalue weighted by atomic mass is 10.2. The van der Waals surface area contributed by atoms with E-state index in [0.717, 1.165) is 0 Å². The van der Waals surface area contributed by atoms with Gasteiger partial charge in [-0.1, -0.05) is 18.9 Å². The monoisotopic (exact) mass is 298 g/mol. The molecule has 2 unspecified atom stereocenters. The lowest BCUT2D eigenvalue weighted by Gasteiger charge is -2.36. The smallest absolute Gasteiger partial charge is 0.322 e. The summed E-state index contributed by atoms with van der Waals surface area (Å²) in [6, 6.07) is 0.232. The zero-order valence-corrected chi connectivity index (χ0v) is 12.6. The fourth-order valence-corrected chi connectivity index (χ4v) is 2.07. The van der Waals surface area contributed by atoms with E-state index in [-0.39, 0.29) is 43.1 Å². The van der Waals surface area contributed by atoms with E-state index in [1.54, 1.807) is 0 Å². The molecular formula is C13H22N4O4. The van der Waals surface area contributed by atoms with Crippen LogP contribution in [0.4, 0.5) is 6.01 Å². The van der Waals surface area contributed by atoms with Gasteiger partial charge in [-0.15, -0.1) is 5.10 Å². The van der Waals surface area contributed by atoms with E-state index >= 15 is 0 Å². The topological polar surface area (TPSA) is 101 Å². The summed E-state index contributed by atoms with van der Waals surface area (Å²) in [5.74, 6) is 0.387. The minimum Gasteiger partial charge on any atom is -0.408 e. The summed E-state index contributed by atoms with van der Waals surface area (Å²) >= 11 is 0. The number of carbonyl (C=O) groups is 1. The van der Waals surface area contributed by atoms with Gasteiger partial charge in [-0.2, -0.15) is 0 Å². The third kappa shape index (κ3) is 4.23. The summed E-state index contributed by atoms with van der Waals surface area (Å²) < 4.78 is 10.8. The number of aliphatic hydroxyl groups is 1. The number of ether oxygens (including phenoxy) is 1. The van der Waals surface area contributed by atoms with E-state index in [4.69, 9.17) is 14.3 Å². The van der Waals surface area contributed by atoms with Crippen molar-refractivity contribution in [1.82, 2.24) is 15.1 Å². The van der Waals surface area contributed by atoms with E-state index in [1.165, 1.54) is 0 Å². The van der Waals surface area contributed by atoms with Crippen LogP contribution in [-0.4, -0.2) is 64.6 Å². The Bertz CT molecular complexity index is 476. The number of aliphatic hydroxyl groups excluding tert-OH is 1. The molecule has 0 saturated carbocycles. The van der Waals surface area contributed by atoms with E-state index < -0.39 is 0 Å². The molecule has 1 fully saturated rings. The highest BCUT2D eigenvalue weighted by molar-refractivity contribution is 5.90. The molecule has 1 aromatic heterocycles. The van der Waals surface area contributed by atoms with Crippen molar-refractivity contribution in [2.75, 3.05) is 31.6 Å². The number of hydrogen-bond acceptors (Lipinski definition) is 7. The van der Waals surface area contributed by atoms with Gasteiger partial charge in [-0.05, 0) is 6.92 Å². The second-order valence-electron chi connectivity index (χ2n) is 5.56. The van der Waals surface area contributed by atoms with E-state index in [0.29, 0.717) is 19.0 Å². The maximum atomic E-state index is 12.0. The zero-order chi connectivity index (χ0) is 15.4. The Hall–Kier alpha value is -1.51. The highest BCUT2D eigenvalue weighted by Crippen LogP contribution is 2.15. The Labute approximate surface area is 123 Å². The summed E-state index contributed by atoms with van der Waals surface area (Å²) in [7, 11) is 0. The van der Waals surface area contributed by atoms with Crippen molar-refractivity contribution in [2.45, 2.75) is 38.8 Å². The predicted molar refractivity (Wildman–Crippen MR) is 74.9 cm³/mol. The molecule has 1 amide bonds. The molecule has 1 aliphatic heterocycles. The SMILES string of the molecule is CC(C)c1nnc(NC(=O)CN2CC(CO)OCC2C)o1. The minimum atomic E-state index is -0.245. The van der Waals surface area contributed by atoms with E-state index in [9.17, 15) is 4.79 Å². The number of aromatic nitrogens is 2. The molecule has 1 saturated heterocycles. The second-order valence-corrected chi connectivity index (χ2v) is 5.56. The van der Waals surface area contributed by atoms with Crippen LogP contribution in [0.3, 0.4) is 0 Å². The van der Waals surface area contributed by atoms with Crippen molar-refractivity contribution in [2.24, 2.45) is 0 Å². The molecule has 2 heterocycles. The first-order valence-electron chi connectivity index (χ1n) is 7.09. The summed E-state index contributed by atoms with van der Waals surface area (Å²) in [5.41, 5.74) is 0. The first kappa shape index (κ1) is 15.9. The minimum absolute atomic E-state index is 0.0494. The Morgan fingerprint density at radius 2 is 2.29 bits per heavy atom. The van der Waals surface area contributed by atoms with Crippen LogP contribution in [0, 0.1) is 0 Å². The fraction of sp³-hybridized carbons (Fsp3) is 0.769. The average Bonchev–Trinajstić information content (AvgIpc) is 2.90. The third-order valence-electron chi connectivity index (χ3n) is 3.37. The molecule has 0 aliphatic carbocycles. The number of morpholine rings is 1. The van der Waals surface area contributed by atoms with Crippen molar-refractivity contribution >= 4 is 11.9 Å². The maximum Gasteiger partial charge on any atom is 0.322 e. The highest BCUT2D eigenvalue weighted by atomic mass is 16.5. The van der Waals surface area contributed by atoms with Gasteiger partial charge < -0.3 is 14.3 Å². The molecule has 0 spiro atoms. The highest BCUT2D eigenvalue weighted by Gasteiger charge is 2.27. The third-order valence-corrected chi connectivity index (χ3v) is 3.37. The van der Waals surface area contributed by atoms with Gasteiger partial charge in [0.1, 0.15) is 0 Å². The maximum absolute atomic E-state index is 12.0. The molecule has 2 atom stereocenters. The van der Waals surface area contributed by atoms with Gasteiger partial charge in [0.05, 0.1) is 25.9 Å². The number of nitrogens with one attached hydrogen (secondary N) is 1. The fourth-order valence-electron chi connectivity index (χ4n) is 2.07. The van der Waals surface area contributed by atoms with Gasteiger partial charge in [0.2, 0.25) is 11.8 Å². The van der Waals surface area contributed by atoms with Gasteiger partial charge >= 0.3 is 6.01 Å². The molecule has 2 rings (SSSR count). The standard InChI is InChI=1S/C13H22N4O4/c1-8(2)12-15-16-13(21-12)14-11(19)5-17-4-10(6-18)20-7-9(17)3/h8-10,18H,4-7H2,1-3H3,(H,14,16,19). The van der Waals surface area contributed by atoms with E-state index in [2.05, 4.69) is 15.5 Å². The zero-order valence-electron chi connectivity index (χ0n) is 12.6. The van der Waals surface area contributed by atoms with Crippen molar-refractivity contribution in [3.8, 4) is 0 Å². The lowest BCUT2D eigenvalue weighted by Crippen LogP contribution is -2.51. The molecule has 1 aliphatic rings. The van der Waals surface area contributed by atoms with Crippen LogP contribution in [0.1, 0.15) is 32.6 Å². The molecule has 2 N–H and O–H groups in total. The van der Waals surface area contributed by atoms with Crippen LogP contribution in [0.5, 0.6) is 0 Å². The quantitative estimate of drug-likeness (QED) is 0.801. The number of anilines is 1. The largest absolute Gasteiger partial charge is 0.408 e. The van der Waals surface area contributed by atoms with Gasteiger partial charge in [0.25, 0.3) is 0 Å². The molecule has 0 radical (unpaired) electrons. The van der Waals surface area contributed by atoms with Crippen LogP contribution < -0.4 is 5.32 Å². The van der Waals surface area contributed by atoms with E-state index in [1.807, 2.05) is 25.7 Å². The summed E-state index contributed by atoms with van der Waals surface area (Å²) in [6.07, 6.45) is -0.245. The first-order valence-corrected chi connectivity index (χ1v) is 7.09. The predicted octanol–water partition coefficient (Wildman–Crippen LogP) is 0.213. The number of hydrogen-bond donors (Lipinski definition) is 2. The molecule has 8 nitrogen and oxygen atoms in total. The molecule has 0 bridgehead atoms. The van der Waals surface area contributed by atoms with Gasteiger partial charge in [0, 0.05) is 18.5 Å². The molecule has 8 heteroatoms. The van der Waals surface area contributed by atoms with Gasteiger partial charge in [0.15, 0.2) is 0 Å². The summed E-state index contributed by atoms with van der Waals surface area (Å²) in [5, 5.41) is 19.4. The van der Waals surface area contributed by atoms with Crippen LogP contribution in [0.2, 0.25) is 0 Å². The second kappa shape index (κ2) is 6.97. The summed E-state index contributed by atoms with van der Waals surface area (Å²) in [4.78, 5) is 14.0. The van der Waals surface area contributed by atoms with Crippen LogP contribution in [-0.2, 0) is 9.53 Å². The molecule has 21 heavy (non-hydrogen) atoms. The van der Waals surface area contributed by atoms with Gasteiger partial charge in [-0.3, -0.25) is 15.0 Å². The van der Waals surface area contributed by atoms with Crippen LogP contribution in [0.15, 0.2) is 4.42 Å². The van der Waals surface area contributed by atoms with Crippen molar-refractivity contribution < 1.29 is 19.1 Å². The van der Waals surface area contributed by atoms with Crippen LogP contribution in [0.25, 0.3) is 0 Å². The molecular weight excluding hydrogens is 276 g/mol. The van der Waals surface area contributed by atoms with Gasteiger partial charge in [-0.25, -0.2) is 0 Å². The van der Waals surface area contributed by atoms with Crippen molar-refractivity contribution in [3.63, 3.8) is 0 Å². The van der Waals surface area contributed by atoms with Crippen molar-refractivity contribution in [1.29, 1.82) is 0 Å². The molecule has 0 aromatic carbocycles. The number of nitrogens with zero attached hydrogens (tertiary/aromatic N) is 3. The summed E-state index contributed by atoms with van der Waals surface area (Å²) in [6.45, 7) is 7.01. The number of carbonyl (C=O) groups excluding carboxylic acids is 1.